The molecule has 2 aromatic rings. The number of halogens is 3. The Labute approximate surface area is 119 Å². The number of alkyl halides is 3. The predicted octanol–water partition coefficient (Wildman–Crippen LogP) is 2.22. The first-order valence-corrected chi connectivity index (χ1v) is 6.23. The van der Waals surface area contributed by atoms with Crippen LogP contribution in [0.4, 0.5) is 24.9 Å². The van der Waals surface area contributed by atoms with E-state index in [9.17, 15) is 13.2 Å². The van der Waals surface area contributed by atoms with Crippen molar-refractivity contribution in [2.75, 3.05) is 17.6 Å². The summed E-state index contributed by atoms with van der Waals surface area (Å²) in [7, 11) is 1.64. The smallest absolute Gasteiger partial charge is 0.370 e. The maximum atomic E-state index is 13.4. The highest BCUT2D eigenvalue weighted by atomic mass is 19.4. The highest BCUT2D eigenvalue weighted by molar-refractivity contribution is 5.72. The molecular formula is C12H15F3N6. The lowest BCUT2D eigenvalue weighted by molar-refractivity contribution is -0.136. The molecule has 0 saturated carbocycles. The number of aromatic nitrogens is 4. The first-order chi connectivity index (χ1) is 9.75. The number of hydrogen-bond acceptors (Lipinski definition) is 5. The van der Waals surface area contributed by atoms with Gasteiger partial charge in [0.25, 0.3) is 0 Å². The Morgan fingerprint density at radius 1 is 1.33 bits per heavy atom. The molecule has 0 amide bonds. The molecule has 0 fully saturated rings. The zero-order chi connectivity index (χ0) is 15.8. The Morgan fingerprint density at radius 2 is 2.00 bits per heavy atom. The van der Waals surface area contributed by atoms with E-state index in [1.54, 1.807) is 20.9 Å². The van der Waals surface area contributed by atoms with Gasteiger partial charge >= 0.3 is 6.18 Å². The minimum Gasteiger partial charge on any atom is -0.370 e. The summed E-state index contributed by atoms with van der Waals surface area (Å²) in [6, 6.07) is 0. The van der Waals surface area contributed by atoms with E-state index < -0.39 is 11.7 Å². The average Bonchev–Trinajstić information content (AvgIpc) is 2.68. The molecule has 21 heavy (non-hydrogen) atoms. The van der Waals surface area contributed by atoms with Gasteiger partial charge in [-0.2, -0.15) is 23.3 Å². The molecule has 2 rings (SSSR count). The molecule has 0 saturated heterocycles. The van der Waals surface area contributed by atoms with Crippen LogP contribution in [0.25, 0.3) is 11.3 Å². The van der Waals surface area contributed by atoms with Crippen molar-refractivity contribution in [2.24, 2.45) is 7.05 Å². The zero-order valence-electron chi connectivity index (χ0n) is 11.8. The largest absolute Gasteiger partial charge is 0.422 e. The topological polar surface area (TPSA) is 81.7 Å². The summed E-state index contributed by atoms with van der Waals surface area (Å²) >= 11 is 0. The number of nitrogens with one attached hydrogen (secondary N) is 1. The number of aryl methyl sites for hydroxylation is 1. The minimum absolute atomic E-state index is 0.225. The third-order valence-corrected chi connectivity index (χ3v) is 3.04. The summed E-state index contributed by atoms with van der Waals surface area (Å²) in [6.07, 6.45) is -3.27. The Bertz CT molecular complexity index is 662. The van der Waals surface area contributed by atoms with Crippen LogP contribution in [0.2, 0.25) is 0 Å². The molecule has 0 atom stereocenters. The zero-order valence-corrected chi connectivity index (χ0v) is 11.8. The Kier molecular flexibility index (Phi) is 3.75. The lowest BCUT2D eigenvalue weighted by Gasteiger charge is -2.16. The SMILES string of the molecule is CCNc1nc(N)nc(-c2cnn(C)c2C)c1C(F)(F)F. The van der Waals surface area contributed by atoms with Crippen molar-refractivity contribution in [1.29, 1.82) is 0 Å². The van der Waals surface area contributed by atoms with Gasteiger partial charge in [0.1, 0.15) is 11.4 Å². The summed E-state index contributed by atoms with van der Waals surface area (Å²) < 4.78 is 41.7. The van der Waals surface area contributed by atoms with Gasteiger partial charge in [0.05, 0.1) is 11.9 Å². The van der Waals surface area contributed by atoms with Gasteiger partial charge < -0.3 is 11.1 Å². The van der Waals surface area contributed by atoms with Crippen LogP contribution in [0.5, 0.6) is 0 Å². The van der Waals surface area contributed by atoms with Crippen LogP contribution in [0.15, 0.2) is 6.20 Å². The van der Waals surface area contributed by atoms with E-state index in [-0.39, 0.29) is 29.6 Å². The first-order valence-electron chi connectivity index (χ1n) is 6.23. The molecule has 0 radical (unpaired) electrons. The molecule has 0 bridgehead atoms. The molecule has 114 valence electrons. The number of rotatable bonds is 3. The van der Waals surface area contributed by atoms with Crippen molar-refractivity contribution in [3.05, 3.63) is 17.5 Å². The quantitative estimate of drug-likeness (QED) is 0.908. The van der Waals surface area contributed by atoms with Gasteiger partial charge in [-0.1, -0.05) is 0 Å². The van der Waals surface area contributed by atoms with E-state index in [1.807, 2.05) is 0 Å². The van der Waals surface area contributed by atoms with E-state index in [0.717, 1.165) is 0 Å². The Balaban J connectivity index is 2.78. The summed E-state index contributed by atoms with van der Waals surface area (Å²) in [4.78, 5) is 7.44. The maximum absolute atomic E-state index is 13.4. The predicted molar refractivity (Wildman–Crippen MR) is 72.5 cm³/mol. The molecule has 9 heteroatoms. The number of hydrogen-bond donors (Lipinski definition) is 2. The summed E-state index contributed by atoms with van der Waals surface area (Å²) in [6.45, 7) is 3.62. The van der Waals surface area contributed by atoms with Crippen molar-refractivity contribution < 1.29 is 13.2 Å². The maximum Gasteiger partial charge on any atom is 0.422 e. The van der Waals surface area contributed by atoms with E-state index in [2.05, 4.69) is 20.4 Å². The monoisotopic (exact) mass is 300 g/mol. The van der Waals surface area contributed by atoms with Crippen LogP contribution in [0.3, 0.4) is 0 Å². The molecule has 3 N–H and O–H groups in total. The number of anilines is 2. The minimum atomic E-state index is -4.61. The Morgan fingerprint density at radius 3 is 2.48 bits per heavy atom. The third kappa shape index (κ3) is 2.76. The molecule has 2 heterocycles. The molecular weight excluding hydrogens is 285 g/mol. The van der Waals surface area contributed by atoms with Crippen LogP contribution >= 0.6 is 0 Å². The van der Waals surface area contributed by atoms with Crippen molar-refractivity contribution in [2.45, 2.75) is 20.0 Å². The highest BCUT2D eigenvalue weighted by Gasteiger charge is 2.39. The van der Waals surface area contributed by atoms with Crippen LogP contribution in [0, 0.1) is 6.92 Å². The fraction of sp³-hybridized carbons (Fsp3) is 0.417. The van der Waals surface area contributed by atoms with Crippen LogP contribution in [0.1, 0.15) is 18.2 Å². The lowest BCUT2D eigenvalue weighted by atomic mass is 10.1. The van der Waals surface area contributed by atoms with Gasteiger partial charge in [0.15, 0.2) is 0 Å². The first kappa shape index (κ1) is 15.1. The van der Waals surface area contributed by atoms with Crippen molar-refractivity contribution in [3.8, 4) is 11.3 Å². The summed E-state index contributed by atoms with van der Waals surface area (Å²) in [5.41, 5.74) is 5.17. The molecule has 2 aromatic heterocycles. The third-order valence-electron chi connectivity index (χ3n) is 3.04. The fourth-order valence-corrected chi connectivity index (χ4v) is 1.97. The molecule has 0 spiro atoms. The summed E-state index contributed by atoms with van der Waals surface area (Å²) in [5, 5.41) is 6.53. The Hall–Kier alpha value is -2.32. The van der Waals surface area contributed by atoms with Gasteiger partial charge in [-0.25, -0.2) is 4.98 Å². The van der Waals surface area contributed by atoms with E-state index in [0.29, 0.717) is 5.69 Å². The summed E-state index contributed by atoms with van der Waals surface area (Å²) in [5.74, 6) is -0.548. The second-order valence-corrected chi connectivity index (χ2v) is 4.45. The van der Waals surface area contributed by atoms with Crippen molar-refractivity contribution in [3.63, 3.8) is 0 Å². The highest BCUT2D eigenvalue weighted by Crippen LogP contribution is 2.41. The molecule has 6 nitrogen and oxygen atoms in total. The van der Waals surface area contributed by atoms with Gasteiger partial charge in [0.2, 0.25) is 5.95 Å². The van der Waals surface area contributed by atoms with E-state index >= 15 is 0 Å². The average molecular weight is 300 g/mol. The molecule has 0 aliphatic rings. The number of nitrogens with zero attached hydrogens (tertiary/aromatic N) is 4. The fourth-order valence-electron chi connectivity index (χ4n) is 1.97. The second kappa shape index (κ2) is 5.23. The van der Waals surface area contributed by atoms with Gasteiger partial charge in [-0.05, 0) is 13.8 Å². The number of nitrogen functional groups attached to an aromatic ring is 1. The lowest BCUT2D eigenvalue weighted by Crippen LogP contribution is -2.17. The second-order valence-electron chi connectivity index (χ2n) is 4.45. The van der Waals surface area contributed by atoms with Crippen LogP contribution in [-0.4, -0.2) is 26.3 Å². The van der Waals surface area contributed by atoms with Gasteiger partial charge in [-0.3, -0.25) is 4.68 Å². The van der Waals surface area contributed by atoms with Crippen molar-refractivity contribution >= 4 is 11.8 Å². The van der Waals surface area contributed by atoms with E-state index in [4.69, 9.17) is 5.73 Å². The van der Waals surface area contributed by atoms with E-state index in [1.165, 1.54) is 10.9 Å². The van der Waals surface area contributed by atoms with Crippen LogP contribution < -0.4 is 11.1 Å². The molecule has 0 aliphatic carbocycles. The standard InChI is InChI=1S/C12H15F3N6/c1-4-17-10-8(12(13,14)15)9(19-11(16)20-10)7-5-18-21(3)6(7)2/h5H,4H2,1-3H3,(H3,16,17,19,20). The molecule has 0 unspecified atom stereocenters. The van der Waals surface area contributed by atoms with Gasteiger partial charge in [-0.15, -0.1) is 0 Å². The number of nitrogens with two attached hydrogens (primary N) is 1. The van der Waals surface area contributed by atoms with Gasteiger partial charge in [0, 0.05) is 24.8 Å². The van der Waals surface area contributed by atoms with Crippen molar-refractivity contribution in [1.82, 2.24) is 19.7 Å². The normalized spacial score (nSPS) is 11.7. The molecule has 0 aromatic carbocycles. The van der Waals surface area contributed by atoms with Crippen LogP contribution in [-0.2, 0) is 13.2 Å². The molecule has 0 aliphatic heterocycles.